The second-order valence-corrected chi connectivity index (χ2v) is 8.10. The third-order valence-electron chi connectivity index (χ3n) is 5.03. The van der Waals surface area contributed by atoms with Gasteiger partial charge in [-0.15, -0.1) is 24.0 Å². The van der Waals surface area contributed by atoms with Crippen molar-refractivity contribution >= 4 is 41.3 Å². The first-order chi connectivity index (χ1) is 14.5. The van der Waals surface area contributed by atoms with Crippen LogP contribution in [0, 0.1) is 0 Å². The average molecular weight is 561 g/mol. The van der Waals surface area contributed by atoms with Gasteiger partial charge in [-0.3, -0.25) is 0 Å². The van der Waals surface area contributed by atoms with E-state index >= 15 is 0 Å². The van der Waals surface area contributed by atoms with E-state index in [0.29, 0.717) is 25.7 Å². The molecule has 0 aliphatic carbocycles. The van der Waals surface area contributed by atoms with Crippen molar-refractivity contribution in [3.8, 4) is 5.75 Å². The second kappa shape index (κ2) is 14.7. The normalized spacial score (nSPS) is 13.4. The number of aliphatic hydroxyl groups is 1. The zero-order chi connectivity index (χ0) is 21.8. The predicted octanol–water partition coefficient (Wildman–Crippen LogP) is 4.05. The maximum absolute atomic E-state index is 10.7. The van der Waals surface area contributed by atoms with E-state index in [-0.39, 0.29) is 24.0 Å². The number of aliphatic imine (C=N–C) groups is 1. The highest BCUT2D eigenvalue weighted by atomic mass is 127. The SMILES string of the molecule is CCNC(=NCc1ccccc1OCCN(CC)CC)NCC(C)(O)c1ccsc1.I. The smallest absolute Gasteiger partial charge is 0.191 e. The number of guanidine groups is 1. The molecule has 2 rings (SSSR count). The van der Waals surface area contributed by atoms with Crippen molar-refractivity contribution in [2.24, 2.45) is 4.99 Å². The Hall–Kier alpha value is -1.36. The lowest BCUT2D eigenvalue weighted by atomic mass is 9.99. The molecule has 2 aromatic rings. The molecule has 3 N–H and O–H groups in total. The highest BCUT2D eigenvalue weighted by molar-refractivity contribution is 14.0. The number of benzene rings is 1. The van der Waals surface area contributed by atoms with Crippen molar-refractivity contribution in [3.05, 3.63) is 52.2 Å². The van der Waals surface area contributed by atoms with Crippen molar-refractivity contribution in [2.75, 3.05) is 39.3 Å². The maximum Gasteiger partial charge on any atom is 0.191 e. The topological polar surface area (TPSA) is 69.1 Å². The van der Waals surface area contributed by atoms with Crippen LogP contribution >= 0.6 is 35.3 Å². The van der Waals surface area contributed by atoms with Gasteiger partial charge in [0.1, 0.15) is 18.0 Å². The average Bonchev–Trinajstić information content (AvgIpc) is 3.30. The summed E-state index contributed by atoms with van der Waals surface area (Å²) >= 11 is 1.58. The molecule has 1 aromatic heterocycles. The van der Waals surface area contributed by atoms with Gasteiger partial charge in [-0.25, -0.2) is 4.99 Å². The van der Waals surface area contributed by atoms with Gasteiger partial charge < -0.3 is 25.4 Å². The third-order valence-corrected chi connectivity index (χ3v) is 5.71. The number of nitrogens with one attached hydrogen (secondary N) is 2. The van der Waals surface area contributed by atoms with Crippen LogP contribution < -0.4 is 15.4 Å². The van der Waals surface area contributed by atoms with Gasteiger partial charge in [-0.1, -0.05) is 32.0 Å². The minimum Gasteiger partial charge on any atom is -0.492 e. The number of rotatable bonds is 12. The molecule has 1 aromatic carbocycles. The summed E-state index contributed by atoms with van der Waals surface area (Å²) in [6.45, 7) is 13.4. The van der Waals surface area contributed by atoms with Crippen LogP contribution in [0.15, 0.2) is 46.1 Å². The van der Waals surface area contributed by atoms with E-state index in [4.69, 9.17) is 9.73 Å². The molecule has 0 radical (unpaired) electrons. The summed E-state index contributed by atoms with van der Waals surface area (Å²) in [5, 5.41) is 21.2. The van der Waals surface area contributed by atoms with Crippen LogP contribution in [0.1, 0.15) is 38.8 Å². The minimum absolute atomic E-state index is 0. The first kappa shape index (κ1) is 27.7. The Labute approximate surface area is 208 Å². The molecule has 0 bridgehead atoms. The Balaban J connectivity index is 0.00000480. The summed E-state index contributed by atoms with van der Waals surface area (Å²) in [4.78, 5) is 7.04. The predicted molar refractivity (Wildman–Crippen MR) is 142 cm³/mol. The first-order valence-electron chi connectivity index (χ1n) is 10.7. The van der Waals surface area contributed by atoms with Gasteiger partial charge in [-0.05, 0) is 55.4 Å². The van der Waals surface area contributed by atoms with Gasteiger partial charge in [0.25, 0.3) is 0 Å². The van der Waals surface area contributed by atoms with E-state index in [1.807, 2.05) is 54.9 Å². The zero-order valence-electron chi connectivity index (χ0n) is 19.1. The molecule has 0 spiro atoms. The van der Waals surface area contributed by atoms with Gasteiger partial charge in [0.2, 0.25) is 0 Å². The van der Waals surface area contributed by atoms with E-state index in [1.165, 1.54) is 0 Å². The number of likely N-dealkylation sites (N-methyl/N-ethyl adjacent to an activating group) is 1. The van der Waals surface area contributed by atoms with Gasteiger partial charge in [-0.2, -0.15) is 11.3 Å². The van der Waals surface area contributed by atoms with Crippen molar-refractivity contribution in [2.45, 2.75) is 39.8 Å². The molecule has 0 aliphatic heterocycles. The van der Waals surface area contributed by atoms with Crippen LogP contribution in [0.25, 0.3) is 0 Å². The fraction of sp³-hybridized carbons (Fsp3) is 0.522. The monoisotopic (exact) mass is 560 g/mol. The molecular formula is C23H37IN4O2S. The first-order valence-corrected chi connectivity index (χ1v) is 11.6. The summed E-state index contributed by atoms with van der Waals surface area (Å²) in [7, 11) is 0. The van der Waals surface area contributed by atoms with E-state index in [0.717, 1.165) is 43.1 Å². The molecule has 1 atom stereocenters. The number of hydrogen-bond donors (Lipinski definition) is 3. The number of ether oxygens (including phenoxy) is 1. The number of hydrogen-bond acceptors (Lipinski definition) is 5. The Morgan fingerprint density at radius 2 is 1.90 bits per heavy atom. The molecule has 6 nitrogen and oxygen atoms in total. The lowest BCUT2D eigenvalue weighted by Gasteiger charge is -2.24. The quantitative estimate of drug-likeness (QED) is 0.208. The standard InChI is InChI=1S/C23H36N4O2S.HI/c1-5-24-22(26-18-23(4,28)20-12-15-30-17-20)25-16-19-10-8-9-11-21(19)29-14-13-27(6-2)7-3;/h8-12,15,17,28H,5-7,13-14,16,18H2,1-4H3,(H2,24,25,26);1H. The third kappa shape index (κ3) is 9.34. The Kier molecular flexibility index (Phi) is 13.1. The molecule has 1 unspecified atom stereocenters. The van der Waals surface area contributed by atoms with Crippen LogP contribution in [0.5, 0.6) is 5.75 Å². The summed E-state index contributed by atoms with van der Waals surface area (Å²) in [6, 6.07) is 9.98. The van der Waals surface area contributed by atoms with Gasteiger partial charge in [0.15, 0.2) is 5.96 Å². The Morgan fingerprint density at radius 1 is 1.16 bits per heavy atom. The molecule has 0 fully saturated rings. The largest absolute Gasteiger partial charge is 0.492 e. The van der Waals surface area contributed by atoms with Crippen LogP contribution in [-0.2, 0) is 12.1 Å². The van der Waals surface area contributed by atoms with E-state index in [1.54, 1.807) is 11.3 Å². The van der Waals surface area contributed by atoms with Crippen LogP contribution in [0.3, 0.4) is 0 Å². The zero-order valence-corrected chi connectivity index (χ0v) is 22.2. The Bertz CT molecular complexity index is 765. The lowest BCUT2D eigenvalue weighted by Crippen LogP contribution is -2.44. The summed E-state index contributed by atoms with van der Waals surface area (Å²) in [6.07, 6.45) is 0. The van der Waals surface area contributed by atoms with Crippen molar-refractivity contribution < 1.29 is 9.84 Å². The summed E-state index contributed by atoms with van der Waals surface area (Å²) < 4.78 is 6.04. The molecule has 0 aliphatic rings. The van der Waals surface area contributed by atoms with Crippen LogP contribution in [0.2, 0.25) is 0 Å². The molecule has 0 saturated carbocycles. The highest BCUT2D eigenvalue weighted by Gasteiger charge is 2.23. The van der Waals surface area contributed by atoms with Crippen LogP contribution in [0.4, 0.5) is 0 Å². The lowest BCUT2D eigenvalue weighted by molar-refractivity contribution is 0.0621. The molecule has 1 heterocycles. The van der Waals surface area contributed by atoms with E-state index in [9.17, 15) is 5.11 Å². The van der Waals surface area contributed by atoms with Crippen molar-refractivity contribution in [1.82, 2.24) is 15.5 Å². The fourth-order valence-electron chi connectivity index (χ4n) is 3.03. The number of halogens is 1. The van der Waals surface area contributed by atoms with Crippen molar-refractivity contribution in [1.29, 1.82) is 0 Å². The van der Waals surface area contributed by atoms with Crippen LogP contribution in [-0.4, -0.2) is 55.3 Å². The highest BCUT2D eigenvalue weighted by Crippen LogP contribution is 2.22. The number of thiophene rings is 1. The van der Waals surface area contributed by atoms with E-state index < -0.39 is 5.60 Å². The molecule has 174 valence electrons. The molecule has 31 heavy (non-hydrogen) atoms. The van der Waals surface area contributed by atoms with Crippen molar-refractivity contribution in [3.63, 3.8) is 0 Å². The maximum atomic E-state index is 10.7. The molecular weight excluding hydrogens is 523 g/mol. The summed E-state index contributed by atoms with van der Waals surface area (Å²) in [5.41, 5.74) is 0.989. The second-order valence-electron chi connectivity index (χ2n) is 7.32. The Morgan fingerprint density at radius 3 is 2.55 bits per heavy atom. The number of para-hydroxylation sites is 1. The van der Waals surface area contributed by atoms with Gasteiger partial charge in [0, 0.05) is 18.7 Å². The summed E-state index contributed by atoms with van der Waals surface area (Å²) in [5.74, 6) is 1.54. The van der Waals surface area contributed by atoms with E-state index in [2.05, 4.69) is 29.4 Å². The molecule has 0 saturated heterocycles. The minimum atomic E-state index is -0.957. The van der Waals surface area contributed by atoms with Gasteiger partial charge >= 0.3 is 0 Å². The molecule has 0 amide bonds. The fourth-order valence-corrected chi connectivity index (χ4v) is 3.82. The number of nitrogens with zero attached hydrogens (tertiary/aromatic N) is 2. The molecule has 8 heteroatoms. The van der Waals surface area contributed by atoms with Gasteiger partial charge in [0.05, 0.1) is 13.1 Å².